The van der Waals surface area contributed by atoms with Crippen LogP contribution in [0, 0.1) is 5.82 Å². The summed E-state index contributed by atoms with van der Waals surface area (Å²) in [6, 6.07) is 23.5. The second kappa shape index (κ2) is 12.5. The molecule has 0 aliphatic heterocycles. The zero-order chi connectivity index (χ0) is 28.0. The quantitative estimate of drug-likeness (QED) is 0.176. The largest absolute Gasteiger partial charge is 0.387 e. The van der Waals surface area contributed by atoms with Crippen LogP contribution in [0.1, 0.15) is 17.2 Å². The number of nitrogens with one attached hydrogen (secondary N) is 2. The van der Waals surface area contributed by atoms with Gasteiger partial charge in [0.2, 0.25) is 0 Å². The van der Waals surface area contributed by atoms with Gasteiger partial charge in [0.15, 0.2) is 0 Å². The maximum atomic E-state index is 13.2. The Hall–Kier alpha value is -3.96. The molecular formula is C30H27FN4O3S2. The molecule has 5 aromatic rings. The predicted octanol–water partition coefficient (Wildman–Crippen LogP) is 5.68. The van der Waals surface area contributed by atoms with Crippen molar-refractivity contribution >= 4 is 27.0 Å². The summed E-state index contributed by atoms with van der Waals surface area (Å²) in [5.41, 5.74) is 4.62. The van der Waals surface area contributed by atoms with Crippen molar-refractivity contribution in [2.75, 3.05) is 17.8 Å². The van der Waals surface area contributed by atoms with Gasteiger partial charge in [0.1, 0.15) is 10.8 Å². The van der Waals surface area contributed by atoms with Crippen molar-refractivity contribution in [3.8, 4) is 21.8 Å². The Morgan fingerprint density at radius 3 is 2.35 bits per heavy atom. The molecule has 0 saturated carbocycles. The molecule has 1 unspecified atom stereocenters. The maximum absolute atomic E-state index is 13.2. The molecule has 5 rings (SSSR count). The summed E-state index contributed by atoms with van der Waals surface area (Å²) in [4.78, 5) is 8.77. The van der Waals surface area contributed by atoms with Gasteiger partial charge in [0.25, 0.3) is 10.0 Å². The van der Waals surface area contributed by atoms with Crippen LogP contribution in [0.4, 0.5) is 10.1 Å². The average Bonchev–Trinajstić information content (AvgIpc) is 3.47. The maximum Gasteiger partial charge on any atom is 0.261 e. The number of aromatic nitrogens is 2. The van der Waals surface area contributed by atoms with Crippen molar-refractivity contribution in [1.29, 1.82) is 0 Å². The van der Waals surface area contributed by atoms with Crippen LogP contribution < -0.4 is 10.0 Å². The molecule has 2 aromatic heterocycles. The fraction of sp³-hybridized carbons (Fsp3) is 0.133. The van der Waals surface area contributed by atoms with Gasteiger partial charge in [0, 0.05) is 46.7 Å². The molecule has 0 bridgehead atoms. The van der Waals surface area contributed by atoms with Crippen LogP contribution in [0.15, 0.2) is 108 Å². The normalized spacial score (nSPS) is 12.2. The fourth-order valence-electron chi connectivity index (χ4n) is 4.05. The first kappa shape index (κ1) is 27.6. The molecule has 7 nitrogen and oxygen atoms in total. The van der Waals surface area contributed by atoms with Crippen molar-refractivity contribution < 1.29 is 17.9 Å². The minimum atomic E-state index is -3.77. The molecule has 0 radical (unpaired) electrons. The van der Waals surface area contributed by atoms with Crippen LogP contribution in [-0.2, 0) is 16.4 Å². The molecule has 40 heavy (non-hydrogen) atoms. The smallest absolute Gasteiger partial charge is 0.261 e. The van der Waals surface area contributed by atoms with Crippen LogP contribution in [-0.4, -0.2) is 36.6 Å². The van der Waals surface area contributed by atoms with Gasteiger partial charge >= 0.3 is 0 Å². The third-order valence-electron chi connectivity index (χ3n) is 6.26. The van der Waals surface area contributed by atoms with Crippen LogP contribution in [0.5, 0.6) is 0 Å². The van der Waals surface area contributed by atoms with E-state index in [9.17, 15) is 17.9 Å². The summed E-state index contributed by atoms with van der Waals surface area (Å²) in [6.45, 7) is 1.08. The van der Waals surface area contributed by atoms with Crippen LogP contribution in [0.25, 0.3) is 21.8 Å². The molecular weight excluding hydrogens is 547 g/mol. The number of anilines is 1. The second-order valence-corrected chi connectivity index (χ2v) is 11.7. The monoisotopic (exact) mass is 574 g/mol. The molecule has 0 aliphatic carbocycles. The molecule has 3 aromatic carbocycles. The van der Waals surface area contributed by atoms with E-state index in [1.165, 1.54) is 23.5 Å². The van der Waals surface area contributed by atoms with E-state index in [0.717, 1.165) is 39.4 Å². The highest BCUT2D eigenvalue weighted by molar-refractivity contribution is 7.92. The number of aliphatic hydroxyl groups excluding tert-OH is 1. The summed E-state index contributed by atoms with van der Waals surface area (Å²) in [5, 5.41) is 16.1. The number of hydrogen-bond acceptors (Lipinski definition) is 7. The Balaban J connectivity index is 1.14. The van der Waals surface area contributed by atoms with Gasteiger partial charge in [-0.1, -0.05) is 30.3 Å². The molecule has 3 N–H and O–H groups in total. The lowest BCUT2D eigenvalue weighted by Gasteiger charge is -2.12. The van der Waals surface area contributed by atoms with Crippen LogP contribution >= 0.6 is 11.3 Å². The van der Waals surface area contributed by atoms with E-state index in [1.807, 2.05) is 23.6 Å². The zero-order valence-corrected chi connectivity index (χ0v) is 23.0. The minimum absolute atomic E-state index is 0.145. The lowest BCUT2D eigenvalue weighted by atomic mass is 10.1. The first-order valence-electron chi connectivity index (χ1n) is 12.6. The lowest BCUT2D eigenvalue weighted by molar-refractivity contribution is 0.174. The van der Waals surface area contributed by atoms with E-state index in [4.69, 9.17) is 0 Å². The number of rotatable bonds is 11. The molecule has 0 saturated heterocycles. The summed E-state index contributed by atoms with van der Waals surface area (Å²) < 4.78 is 41.7. The Kier molecular flexibility index (Phi) is 8.61. The Morgan fingerprint density at radius 1 is 0.925 bits per heavy atom. The molecule has 0 amide bonds. The van der Waals surface area contributed by atoms with Crippen LogP contribution in [0.3, 0.4) is 0 Å². The van der Waals surface area contributed by atoms with Crippen LogP contribution in [0.2, 0.25) is 0 Å². The van der Waals surface area contributed by atoms with Crippen molar-refractivity contribution in [3.63, 3.8) is 0 Å². The Bertz CT molecular complexity index is 1640. The van der Waals surface area contributed by atoms with Gasteiger partial charge in [-0.25, -0.2) is 17.8 Å². The van der Waals surface area contributed by atoms with E-state index < -0.39 is 16.1 Å². The van der Waals surface area contributed by atoms with E-state index in [-0.39, 0.29) is 10.7 Å². The van der Waals surface area contributed by atoms with E-state index in [1.54, 1.807) is 67.0 Å². The number of benzene rings is 3. The number of aliphatic hydroxyl groups is 1. The zero-order valence-electron chi connectivity index (χ0n) is 21.4. The number of pyridine rings is 1. The number of nitrogens with zero attached hydrogens (tertiary/aromatic N) is 2. The molecule has 0 aliphatic rings. The third-order valence-corrected chi connectivity index (χ3v) is 8.55. The lowest BCUT2D eigenvalue weighted by Crippen LogP contribution is -2.23. The van der Waals surface area contributed by atoms with Gasteiger partial charge < -0.3 is 10.4 Å². The third kappa shape index (κ3) is 6.97. The number of halogens is 1. The molecule has 0 fully saturated rings. The highest BCUT2D eigenvalue weighted by atomic mass is 32.2. The SMILES string of the molecule is O=S(=O)(Nc1ccc(CCNCC(O)c2cccnc2)cc1)c1ccc(-c2nc(-c3ccc(F)cc3)cs2)cc1. The minimum Gasteiger partial charge on any atom is -0.387 e. The standard InChI is InChI=1S/C30H27FN4O3S2/c31-25-9-5-22(6-10-25)28-20-39-30(34-28)23-7-13-27(14-8-23)40(37,38)35-26-11-3-21(4-12-26)15-17-33-19-29(36)24-2-1-16-32-18-24/h1-14,16,18,20,29,33,35-36H,15,17,19H2. The molecule has 10 heteroatoms. The number of thiazole rings is 1. The number of hydrogen-bond donors (Lipinski definition) is 3. The van der Waals surface area contributed by atoms with E-state index in [2.05, 4.69) is 20.0 Å². The van der Waals surface area contributed by atoms with Crippen molar-refractivity contribution in [2.45, 2.75) is 17.4 Å². The van der Waals surface area contributed by atoms with E-state index >= 15 is 0 Å². The van der Waals surface area contributed by atoms with Crippen molar-refractivity contribution in [2.24, 2.45) is 0 Å². The molecule has 204 valence electrons. The molecule has 2 heterocycles. The van der Waals surface area contributed by atoms with Gasteiger partial charge in [-0.05, 0) is 73.1 Å². The highest BCUT2D eigenvalue weighted by Crippen LogP contribution is 2.30. The van der Waals surface area contributed by atoms with Crippen molar-refractivity contribution in [3.05, 3.63) is 120 Å². The topological polar surface area (TPSA) is 104 Å². The Morgan fingerprint density at radius 2 is 1.65 bits per heavy atom. The average molecular weight is 575 g/mol. The first-order valence-corrected chi connectivity index (χ1v) is 15.0. The van der Waals surface area contributed by atoms with Gasteiger partial charge in [-0.15, -0.1) is 11.3 Å². The summed E-state index contributed by atoms with van der Waals surface area (Å²) in [6.07, 6.45) is 3.42. The van der Waals surface area contributed by atoms with Gasteiger partial charge in [-0.3, -0.25) is 9.71 Å². The predicted molar refractivity (Wildman–Crippen MR) is 156 cm³/mol. The second-order valence-electron chi connectivity index (χ2n) is 9.13. The van der Waals surface area contributed by atoms with Crippen molar-refractivity contribution in [1.82, 2.24) is 15.3 Å². The fourth-order valence-corrected chi connectivity index (χ4v) is 5.95. The van der Waals surface area contributed by atoms with Gasteiger partial charge in [0.05, 0.1) is 16.7 Å². The van der Waals surface area contributed by atoms with Gasteiger partial charge in [-0.2, -0.15) is 0 Å². The first-order chi connectivity index (χ1) is 19.4. The summed E-state index contributed by atoms with van der Waals surface area (Å²) in [5.74, 6) is -0.303. The van der Waals surface area contributed by atoms with E-state index in [0.29, 0.717) is 18.8 Å². The summed E-state index contributed by atoms with van der Waals surface area (Å²) in [7, 11) is -3.77. The number of sulfonamides is 1. The summed E-state index contributed by atoms with van der Waals surface area (Å²) >= 11 is 1.44. The Labute approximate surface area is 236 Å². The highest BCUT2D eigenvalue weighted by Gasteiger charge is 2.15. The molecule has 0 spiro atoms. The molecule has 1 atom stereocenters.